The van der Waals surface area contributed by atoms with Crippen molar-refractivity contribution in [3.63, 3.8) is 0 Å². The highest BCUT2D eigenvalue weighted by Crippen LogP contribution is 2.39. The maximum Gasteiger partial charge on any atom is 0.229 e. The lowest BCUT2D eigenvalue weighted by Gasteiger charge is -2.18. The highest BCUT2D eigenvalue weighted by Gasteiger charge is 2.21. The molecule has 0 bridgehead atoms. The van der Waals surface area contributed by atoms with E-state index in [2.05, 4.69) is 15.8 Å². The number of halogens is 1. The molecule has 0 fully saturated rings. The first-order valence-corrected chi connectivity index (χ1v) is 10.8. The Balaban J connectivity index is 2.14. The van der Waals surface area contributed by atoms with E-state index in [9.17, 15) is 8.42 Å². The van der Waals surface area contributed by atoms with E-state index in [0.717, 1.165) is 28.3 Å². The Kier molecular flexibility index (Phi) is 5.45. The molecule has 2 aromatic carbocycles. The van der Waals surface area contributed by atoms with Crippen molar-refractivity contribution in [2.75, 3.05) is 11.0 Å². The predicted octanol–water partition coefficient (Wildman–Crippen LogP) is 4.94. The molecule has 0 aliphatic heterocycles. The van der Waals surface area contributed by atoms with Crippen LogP contribution in [0.25, 0.3) is 10.9 Å². The molecule has 3 rings (SSSR count). The van der Waals surface area contributed by atoms with Crippen molar-refractivity contribution in [1.82, 2.24) is 4.98 Å². The third-order valence-electron chi connectivity index (χ3n) is 4.49. The van der Waals surface area contributed by atoms with Crippen LogP contribution in [0.5, 0.6) is 0 Å². The summed E-state index contributed by atoms with van der Waals surface area (Å²) in [6.45, 7) is 1.98. The Morgan fingerprint density at radius 2 is 2.04 bits per heavy atom. The van der Waals surface area contributed by atoms with E-state index in [0.29, 0.717) is 29.1 Å². The number of nitrogens with zero attached hydrogens (tertiary/aromatic N) is 1. The number of nitriles is 1. The first-order valence-electron chi connectivity index (χ1n) is 8.51. The van der Waals surface area contributed by atoms with Crippen LogP contribution < -0.4 is 4.72 Å². The third kappa shape index (κ3) is 4.26. The molecule has 5 nitrogen and oxygen atoms in total. The van der Waals surface area contributed by atoms with E-state index >= 15 is 0 Å². The summed E-state index contributed by atoms with van der Waals surface area (Å²) in [7, 11) is -3.39. The first kappa shape index (κ1) is 19.3. The molecule has 0 saturated heterocycles. The van der Waals surface area contributed by atoms with Gasteiger partial charge in [-0.25, -0.2) is 8.42 Å². The number of para-hydroxylation sites is 1. The third-order valence-corrected chi connectivity index (χ3v) is 5.41. The van der Waals surface area contributed by atoms with Gasteiger partial charge in [0.25, 0.3) is 0 Å². The number of aromatic nitrogens is 1. The van der Waals surface area contributed by atoms with Gasteiger partial charge in [-0.2, -0.15) is 5.26 Å². The zero-order valence-corrected chi connectivity index (χ0v) is 16.7. The molecule has 140 valence electrons. The molecule has 1 unspecified atom stereocenters. The van der Waals surface area contributed by atoms with Crippen LogP contribution in [0, 0.1) is 18.3 Å². The summed E-state index contributed by atoms with van der Waals surface area (Å²) in [5, 5.41) is 10.7. The number of fused-ring (bicyclic) bond motifs is 1. The van der Waals surface area contributed by atoms with Gasteiger partial charge in [-0.15, -0.1) is 0 Å². The number of aromatic amines is 1. The molecule has 0 spiro atoms. The highest BCUT2D eigenvalue weighted by atomic mass is 35.5. The van der Waals surface area contributed by atoms with Crippen LogP contribution in [-0.2, 0) is 10.0 Å². The largest absolute Gasteiger partial charge is 0.359 e. The lowest BCUT2D eigenvalue weighted by atomic mass is 9.87. The van der Waals surface area contributed by atoms with Gasteiger partial charge in [-0.05, 0) is 42.2 Å². The van der Waals surface area contributed by atoms with Crippen molar-refractivity contribution >= 4 is 38.2 Å². The second-order valence-corrected chi connectivity index (χ2v) is 8.78. The Bertz CT molecular complexity index is 1130. The average Bonchev–Trinajstić information content (AvgIpc) is 3.00. The summed E-state index contributed by atoms with van der Waals surface area (Å²) in [5.41, 5.74) is 4.22. The topological polar surface area (TPSA) is 85.8 Å². The van der Waals surface area contributed by atoms with Crippen LogP contribution in [0.15, 0.2) is 42.6 Å². The maximum absolute atomic E-state index is 11.6. The van der Waals surface area contributed by atoms with Gasteiger partial charge >= 0.3 is 0 Å². The summed E-state index contributed by atoms with van der Waals surface area (Å²) in [5.74, 6) is -0.0695. The van der Waals surface area contributed by atoms with Gasteiger partial charge in [0.1, 0.15) is 0 Å². The van der Waals surface area contributed by atoms with Crippen molar-refractivity contribution in [3.8, 4) is 6.07 Å². The van der Waals surface area contributed by atoms with Crippen LogP contribution in [-0.4, -0.2) is 19.7 Å². The van der Waals surface area contributed by atoms with Gasteiger partial charge in [-0.1, -0.05) is 35.9 Å². The van der Waals surface area contributed by atoms with E-state index in [4.69, 9.17) is 16.9 Å². The fraction of sp³-hybridized carbons (Fsp3) is 0.250. The molecule has 2 N–H and O–H groups in total. The van der Waals surface area contributed by atoms with Gasteiger partial charge in [-0.3, -0.25) is 4.72 Å². The van der Waals surface area contributed by atoms with E-state index in [1.807, 2.05) is 43.5 Å². The van der Waals surface area contributed by atoms with Gasteiger partial charge in [0.2, 0.25) is 10.0 Å². The zero-order valence-electron chi connectivity index (χ0n) is 15.1. The van der Waals surface area contributed by atoms with E-state index in [1.165, 1.54) is 0 Å². The van der Waals surface area contributed by atoms with Crippen LogP contribution in [0.3, 0.4) is 0 Å². The van der Waals surface area contributed by atoms with Crippen molar-refractivity contribution in [1.29, 1.82) is 5.26 Å². The zero-order chi connectivity index (χ0) is 19.6. The molecule has 3 aromatic rings. The SMILES string of the molecule is Cc1ccc(C(CCC#N)c2c[nH]c3c(NS(C)(=O)=O)cccc23)c(Cl)c1. The highest BCUT2D eigenvalue weighted by molar-refractivity contribution is 7.92. The molecule has 7 heteroatoms. The lowest BCUT2D eigenvalue weighted by molar-refractivity contribution is 0.607. The Morgan fingerprint density at radius 1 is 1.26 bits per heavy atom. The minimum atomic E-state index is -3.39. The number of sulfonamides is 1. The molecule has 0 saturated carbocycles. The number of hydrogen-bond donors (Lipinski definition) is 2. The molecule has 0 radical (unpaired) electrons. The smallest absolute Gasteiger partial charge is 0.229 e. The standard InChI is InChI=1S/C20H20ClN3O2S/c1-13-8-9-15(18(21)11-13)14(6-4-10-22)17-12-23-20-16(17)5-3-7-19(20)24-27(2,25)26/h3,5,7-9,11-12,14,23-24H,4,6H2,1-2H3. The number of benzene rings is 2. The van der Waals surface area contributed by atoms with Crippen molar-refractivity contribution in [2.24, 2.45) is 0 Å². The monoisotopic (exact) mass is 401 g/mol. The number of anilines is 1. The number of hydrogen-bond acceptors (Lipinski definition) is 3. The normalized spacial score (nSPS) is 12.7. The van der Waals surface area contributed by atoms with Crippen LogP contribution >= 0.6 is 11.6 Å². The van der Waals surface area contributed by atoms with Crippen molar-refractivity contribution in [3.05, 3.63) is 64.3 Å². The molecule has 1 heterocycles. The quantitative estimate of drug-likeness (QED) is 0.613. The summed E-state index contributed by atoms with van der Waals surface area (Å²) in [6.07, 6.45) is 4.01. The fourth-order valence-electron chi connectivity index (χ4n) is 3.35. The Labute approximate surface area is 164 Å². The summed E-state index contributed by atoms with van der Waals surface area (Å²) < 4.78 is 25.8. The van der Waals surface area contributed by atoms with Gasteiger partial charge in [0, 0.05) is 28.9 Å². The number of H-pyrrole nitrogens is 1. The second-order valence-electron chi connectivity index (χ2n) is 6.62. The molecular formula is C20H20ClN3O2S. The number of aryl methyl sites for hydroxylation is 1. The van der Waals surface area contributed by atoms with Crippen molar-refractivity contribution in [2.45, 2.75) is 25.7 Å². The Morgan fingerprint density at radius 3 is 2.70 bits per heavy atom. The van der Waals surface area contributed by atoms with Gasteiger partial charge < -0.3 is 4.98 Å². The van der Waals surface area contributed by atoms with E-state index < -0.39 is 10.0 Å². The maximum atomic E-state index is 11.6. The van der Waals surface area contributed by atoms with Crippen LogP contribution in [0.2, 0.25) is 5.02 Å². The first-order chi connectivity index (χ1) is 12.8. The summed E-state index contributed by atoms with van der Waals surface area (Å²) in [4.78, 5) is 3.18. The van der Waals surface area contributed by atoms with Crippen molar-refractivity contribution < 1.29 is 8.42 Å². The predicted molar refractivity (Wildman–Crippen MR) is 110 cm³/mol. The molecule has 1 atom stereocenters. The number of nitrogens with one attached hydrogen (secondary N) is 2. The minimum Gasteiger partial charge on any atom is -0.359 e. The van der Waals surface area contributed by atoms with Crippen LogP contribution in [0.1, 0.15) is 35.4 Å². The summed E-state index contributed by atoms with van der Waals surface area (Å²) >= 11 is 6.50. The van der Waals surface area contributed by atoms with Crippen LogP contribution in [0.4, 0.5) is 5.69 Å². The van der Waals surface area contributed by atoms with Gasteiger partial charge in [0.05, 0.1) is 23.5 Å². The molecular weight excluding hydrogens is 382 g/mol. The molecule has 1 aromatic heterocycles. The second kappa shape index (κ2) is 7.63. The fourth-order valence-corrected chi connectivity index (χ4v) is 4.29. The Hall–Kier alpha value is -2.49. The molecule has 0 amide bonds. The molecule has 0 aliphatic carbocycles. The van der Waals surface area contributed by atoms with E-state index in [-0.39, 0.29) is 5.92 Å². The average molecular weight is 402 g/mol. The summed E-state index contributed by atoms with van der Waals surface area (Å²) in [6, 6.07) is 13.6. The minimum absolute atomic E-state index is 0.0695. The van der Waals surface area contributed by atoms with Gasteiger partial charge in [0.15, 0.2) is 0 Å². The molecule has 27 heavy (non-hydrogen) atoms. The molecule has 0 aliphatic rings. The van der Waals surface area contributed by atoms with E-state index in [1.54, 1.807) is 6.07 Å². The lowest BCUT2D eigenvalue weighted by Crippen LogP contribution is -2.09. The number of rotatable bonds is 6.